The Labute approximate surface area is 134 Å². The molecule has 0 aromatic heterocycles. The van der Waals surface area contributed by atoms with Crippen LogP contribution in [-0.2, 0) is 0 Å². The van der Waals surface area contributed by atoms with Crippen molar-refractivity contribution in [3.05, 3.63) is 0 Å². The van der Waals surface area contributed by atoms with E-state index in [9.17, 15) is 15.3 Å². The van der Waals surface area contributed by atoms with Crippen molar-refractivity contribution in [2.75, 3.05) is 0 Å². The van der Waals surface area contributed by atoms with E-state index in [2.05, 4.69) is 13.8 Å². The van der Waals surface area contributed by atoms with Crippen molar-refractivity contribution in [3.8, 4) is 0 Å². The summed E-state index contributed by atoms with van der Waals surface area (Å²) in [7, 11) is 0. The number of rotatable bonds is 0. The van der Waals surface area contributed by atoms with Gasteiger partial charge in [-0.05, 0) is 85.9 Å². The third-order valence-electron chi connectivity index (χ3n) is 8.61. The minimum absolute atomic E-state index is 0.0273. The van der Waals surface area contributed by atoms with Gasteiger partial charge in [0.2, 0.25) is 0 Å². The molecule has 0 spiro atoms. The molecule has 9 atom stereocenters. The molecule has 0 heterocycles. The Bertz CT molecular complexity index is 452. The van der Waals surface area contributed by atoms with Gasteiger partial charge >= 0.3 is 0 Å². The zero-order valence-corrected chi connectivity index (χ0v) is 14.0. The van der Waals surface area contributed by atoms with Crippen molar-refractivity contribution in [2.45, 2.75) is 83.5 Å². The van der Waals surface area contributed by atoms with Crippen LogP contribution in [0.2, 0.25) is 0 Å². The van der Waals surface area contributed by atoms with Crippen LogP contribution in [0.5, 0.6) is 0 Å². The molecule has 3 nitrogen and oxygen atoms in total. The first-order valence-electron chi connectivity index (χ1n) is 9.40. The normalized spacial score (nSPS) is 61.2. The van der Waals surface area contributed by atoms with Crippen LogP contribution in [0, 0.1) is 34.5 Å². The van der Waals surface area contributed by atoms with E-state index in [1.165, 1.54) is 0 Å². The molecule has 3 heteroatoms. The third kappa shape index (κ3) is 1.91. The molecule has 4 rings (SSSR count). The second kappa shape index (κ2) is 4.94. The molecule has 126 valence electrons. The zero-order chi connectivity index (χ0) is 15.7. The van der Waals surface area contributed by atoms with Gasteiger partial charge in [0.05, 0.1) is 18.3 Å². The second-order valence-corrected chi connectivity index (χ2v) is 9.36. The molecule has 0 aromatic carbocycles. The van der Waals surface area contributed by atoms with Crippen LogP contribution in [0.3, 0.4) is 0 Å². The van der Waals surface area contributed by atoms with Crippen molar-refractivity contribution < 1.29 is 15.3 Å². The average molecular weight is 308 g/mol. The summed E-state index contributed by atoms with van der Waals surface area (Å²) >= 11 is 0. The quantitative estimate of drug-likeness (QED) is 0.645. The zero-order valence-electron chi connectivity index (χ0n) is 14.0. The molecule has 4 aliphatic rings. The first-order chi connectivity index (χ1) is 10.4. The number of aliphatic hydroxyl groups is 3. The molecule has 4 saturated carbocycles. The minimum atomic E-state index is -0.233. The van der Waals surface area contributed by atoms with E-state index in [1.54, 1.807) is 0 Å². The number of fused-ring (bicyclic) bond motifs is 5. The molecule has 0 radical (unpaired) electrons. The average Bonchev–Trinajstić information content (AvgIpc) is 2.77. The van der Waals surface area contributed by atoms with Crippen molar-refractivity contribution in [1.82, 2.24) is 0 Å². The number of hydrogen-bond donors (Lipinski definition) is 3. The standard InChI is InChI=1S/C19H32O3/c1-18-7-5-12(20)9-11(18)10-15(21)17-13-3-4-16(22)19(13,2)8-6-14(17)18/h11-17,20-22H,3-10H2,1-2H3/t11-,12-,13+,14+,15+,16+,17+,18+,19+/m1/s1. The number of hydrogen-bond acceptors (Lipinski definition) is 3. The Hall–Kier alpha value is -0.120. The monoisotopic (exact) mass is 308 g/mol. The SMILES string of the molecule is C[C@]12CC[C@@H](O)C[C@@H]1C[C@H](O)[C@@H]1[C@@H]2CC[C@]2(C)[C@@H](O)CC[C@@H]12. The smallest absolute Gasteiger partial charge is 0.0596 e. The molecule has 0 unspecified atom stereocenters. The fraction of sp³-hybridized carbons (Fsp3) is 1.00. The maximum Gasteiger partial charge on any atom is 0.0596 e. The molecule has 0 bridgehead atoms. The van der Waals surface area contributed by atoms with Crippen molar-refractivity contribution in [3.63, 3.8) is 0 Å². The van der Waals surface area contributed by atoms with Crippen molar-refractivity contribution in [2.24, 2.45) is 34.5 Å². The van der Waals surface area contributed by atoms with Gasteiger partial charge in [-0.3, -0.25) is 0 Å². The van der Waals surface area contributed by atoms with Gasteiger partial charge in [-0.15, -0.1) is 0 Å². The van der Waals surface area contributed by atoms with E-state index in [-0.39, 0.29) is 29.1 Å². The van der Waals surface area contributed by atoms with E-state index in [1.807, 2.05) is 0 Å². The topological polar surface area (TPSA) is 60.7 Å². The molecule has 4 fully saturated rings. The van der Waals surface area contributed by atoms with Gasteiger partial charge in [0.1, 0.15) is 0 Å². The van der Waals surface area contributed by atoms with Gasteiger partial charge < -0.3 is 15.3 Å². The van der Waals surface area contributed by atoms with Crippen LogP contribution in [0.4, 0.5) is 0 Å². The summed E-state index contributed by atoms with van der Waals surface area (Å²) in [6.45, 7) is 4.69. The fourth-order valence-corrected chi connectivity index (χ4v) is 7.17. The third-order valence-corrected chi connectivity index (χ3v) is 8.61. The second-order valence-electron chi connectivity index (χ2n) is 9.36. The molecule has 0 aromatic rings. The molecule has 0 saturated heterocycles. The Balaban J connectivity index is 1.67. The maximum atomic E-state index is 10.9. The first kappa shape index (κ1) is 15.4. The van der Waals surface area contributed by atoms with E-state index >= 15 is 0 Å². The van der Waals surface area contributed by atoms with Gasteiger partial charge in [0, 0.05) is 0 Å². The van der Waals surface area contributed by atoms with Crippen LogP contribution in [0.25, 0.3) is 0 Å². The maximum absolute atomic E-state index is 10.9. The van der Waals surface area contributed by atoms with Crippen molar-refractivity contribution >= 4 is 0 Å². The minimum Gasteiger partial charge on any atom is -0.393 e. The largest absolute Gasteiger partial charge is 0.393 e. The van der Waals surface area contributed by atoms with Crippen LogP contribution >= 0.6 is 0 Å². The first-order valence-corrected chi connectivity index (χ1v) is 9.40. The summed E-state index contributed by atoms with van der Waals surface area (Å²) in [5.41, 5.74) is 0.317. The molecular weight excluding hydrogens is 276 g/mol. The van der Waals surface area contributed by atoms with Gasteiger partial charge in [0.25, 0.3) is 0 Å². The summed E-state index contributed by atoms with van der Waals surface area (Å²) < 4.78 is 0. The summed E-state index contributed by atoms with van der Waals surface area (Å²) in [5, 5.41) is 31.5. The molecule has 0 amide bonds. The van der Waals surface area contributed by atoms with Crippen LogP contribution in [0.15, 0.2) is 0 Å². The Morgan fingerprint density at radius 3 is 2.23 bits per heavy atom. The van der Waals surface area contributed by atoms with E-state index < -0.39 is 0 Å². The molecule has 4 aliphatic carbocycles. The Morgan fingerprint density at radius 2 is 1.45 bits per heavy atom. The van der Waals surface area contributed by atoms with Crippen molar-refractivity contribution in [1.29, 1.82) is 0 Å². The predicted molar refractivity (Wildman–Crippen MR) is 85.1 cm³/mol. The molecular formula is C19H32O3. The summed E-state index contributed by atoms with van der Waals surface area (Å²) in [6.07, 6.45) is 7.45. The Morgan fingerprint density at radius 1 is 0.773 bits per heavy atom. The molecule has 3 N–H and O–H groups in total. The summed E-state index contributed by atoms with van der Waals surface area (Å²) in [6, 6.07) is 0. The van der Waals surface area contributed by atoms with Crippen LogP contribution < -0.4 is 0 Å². The highest BCUT2D eigenvalue weighted by molar-refractivity contribution is 5.11. The lowest BCUT2D eigenvalue weighted by Gasteiger charge is -2.62. The lowest BCUT2D eigenvalue weighted by atomic mass is 9.44. The van der Waals surface area contributed by atoms with Gasteiger partial charge in [-0.25, -0.2) is 0 Å². The van der Waals surface area contributed by atoms with Gasteiger partial charge in [-0.1, -0.05) is 13.8 Å². The highest BCUT2D eigenvalue weighted by Gasteiger charge is 2.62. The fourth-order valence-electron chi connectivity index (χ4n) is 7.17. The van der Waals surface area contributed by atoms with Gasteiger partial charge in [0.15, 0.2) is 0 Å². The van der Waals surface area contributed by atoms with Crippen LogP contribution in [-0.4, -0.2) is 33.6 Å². The highest BCUT2D eigenvalue weighted by atomic mass is 16.3. The lowest BCUT2D eigenvalue weighted by molar-refractivity contribution is -0.176. The van der Waals surface area contributed by atoms with E-state index in [0.717, 1.165) is 51.4 Å². The summed E-state index contributed by atoms with van der Waals surface area (Å²) in [4.78, 5) is 0. The lowest BCUT2D eigenvalue weighted by Crippen LogP contribution is -2.58. The van der Waals surface area contributed by atoms with Gasteiger partial charge in [-0.2, -0.15) is 0 Å². The molecule has 0 aliphatic heterocycles. The predicted octanol–water partition coefficient (Wildman–Crippen LogP) is 2.72. The highest BCUT2D eigenvalue weighted by Crippen LogP contribution is 2.66. The summed E-state index contributed by atoms with van der Waals surface area (Å²) in [5.74, 6) is 1.91. The van der Waals surface area contributed by atoms with E-state index in [4.69, 9.17) is 0 Å². The Kier molecular flexibility index (Phi) is 3.46. The number of aliphatic hydroxyl groups excluding tert-OH is 3. The van der Waals surface area contributed by atoms with E-state index in [0.29, 0.717) is 23.7 Å². The molecule has 22 heavy (non-hydrogen) atoms. The van der Waals surface area contributed by atoms with Crippen LogP contribution in [0.1, 0.15) is 65.2 Å².